The van der Waals surface area contributed by atoms with Gasteiger partial charge in [-0.3, -0.25) is 9.36 Å². The standard InChI is InChI=1S/C32H28Br2N2O5S/c1-4-39-23-13-11-22(12-14-23)28-27(31(38)40-5-2)19(3)35-32-36(28)30(37)26(42-32)17-21-15-24(33)29(25(34)16-21)41-18-20-9-7-6-8-10-20/h6-17,28H,4-5,18H2,1-3H3/b26-17-/t28-/m1/s1. The smallest absolute Gasteiger partial charge is 0.338 e. The number of aromatic nitrogens is 1. The molecule has 3 aromatic carbocycles. The van der Waals surface area contributed by atoms with Gasteiger partial charge in [0.05, 0.1) is 44.0 Å². The maximum atomic E-state index is 13.9. The minimum atomic E-state index is -0.689. The summed E-state index contributed by atoms with van der Waals surface area (Å²) in [7, 11) is 0. The van der Waals surface area contributed by atoms with E-state index < -0.39 is 12.0 Å². The summed E-state index contributed by atoms with van der Waals surface area (Å²) >= 11 is 8.52. The molecule has 5 rings (SSSR count). The van der Waals surface area contributed by atoms with Crippen molar-refractivity contribution in [2.45, 2.75) is 33.4 Å². The Labute approximate surface area is 264 Å². The Hall–Kier alpha value is -3.47. The van der Waals surface area contributed by atoms with Crippen LogP contribution in [-0.4, -0.2) is 23.8 Å². The van der Waals surface area contributed by atoms with Gasteiger partial charge in [0, 0.05) is 0 Å². The van der Waals surface area contributed by atoms with Crippen LogP contribution in [0.15, 0.2) is 96.7 Å². The molecule has 4 aromatic rings. The highest BCUT2D eigenvalue weighted by molar-refractivity contribution is 9.11. The summed E-state index contributed by atoms with van der Waals surface area (Å²) in [5.41, 5.74) is 3.22. The van der Waals surface area contributed by atoms with E-state index in [0.29, 0.717) is 45.3 Å². The highest BCUT2D eigenvalue weighted by Gasteiger charge is 2.33. The summed E-state index contributed by atoms with van der Waals surface area (Å²) < 4.78 is 20.6. The number of halogens is 2. The van der Waals surface area contributed by atoms with E-state index in [4.69, 9.17) is 14.2 Å². The second-order valence-corrected chi connectivity index (χ2v) is 12.1. The van der Waals surface area contributed by atoms with Crippen molar-refractivity contribution < 1.29 is 19.0 Å². The first-order chi connectivity index (χ1) is 20.3. The summed E-state index contributed by atoms with van der Waals surface area (Å²) in [4.78, 5) is 32.2. The van der Waals surface area contributed by atoms with Crippen molar-refractivity contribution in [3.8, 4) is 11.5 Å². The number of rotatable bonds is 9. The lowest BCUT2D eigenvalue weighted by atomic mass is 9.96. The molecule has 0 fully saturated rings. The van der Waals surface area contributed by atoms with Gasteiger partial charge in [0.25, 0.3) is 5.56 Å². The SMILES string of the molecule is CCOC(=O)C1=C(C)N=c2s/c(=C\c3cc(Br)c(OCc4ccccc4)c(Br)c3)c(=O)n2[C@@H]1c1ccc(OCC)cc1. The summed E-state index contributed by atoms with van der Waals surface area (Å²) in [6.45, 7) is 6.61. The van der Waals surface area contributed by atoms with Gasteiger partial charge in [0.2, 0.25) is 0 Å². The fourth-order valence-corrected chi connectivity index (χ4v) is 7.20. The molecule has 0 saturated carbocycles. The number of hydrogen-bond acceptors (Lipinski definition) is 7. The van der Waals surface area contributed by atoms with E-state index in [9.17, 15) is 9.59 Å². The van der Waals surface area contributed by atoms with Gasteiger partial charge in [-0.2, -0.15) is 0 Å². The molecule has 0 amide bonds. The van der Waals surface area contributed by atoms with Crippen molar-refractivity contribution >= 4 is 55.2 Å². The number of benzene rings is 3. The third-order valence-corrected chi connectivity index (χ3v) is 8.73. The molecular weight excluding hydrogens is 684 g/mol. The molecule has 0 aliphatic carbocycles. The van der Waals surface area contributed by atoms with E-state index in [0.717, 1.165) is 25.6 Å². The normalized spacial score (nSPS) is 14.8. The summed E-state index contributed by atoms with van der Waals surface area (Å²) in [5.74, 6) is 0.882. The van der Waals surface area contributed by atoms with Crippen LogP contribution in [0, 0.1) is 0 Å². The zero-order valence-corrected chi connectivity index (χ0v) is 27.2. The predicted octanol–water partition coefficient (Wildman–Crippen LogP) is 6.30. The minimum Gasteiger partial charge on any atom is -0.494 e. The molecule has 216 valence electrons. The fraction of sp³-hybridized carbons (Fsp3) is 0.219. The summed E-state index contributed by atoms with van der Waals surface area (Å²) in [6, 6.07) is 20.5. The Kier molecular flexibility index (Phi) is 9.45. The minimum absolute atomic E-state index is 0.213. The van der Waals surface area contributed by atoms with Crippen LogP contribution in [0.3, 0.4) is 0 Å². The van der Waals surface area contributed by atoms with Gasteiger partial charge in [-0.05, 0) is 99.7 Å². The molecule has 7 nitrogen and oxygen atoms in total. The van der Waals surface area contributed by atoms with Gasteiger partial charge >= 0.3 is 5.97 Å². The van der Waals surface area contributed by atoms with Crippen LogP contribution in [0.4, 0.5) is 0 Å². The Morgan fingerprint density at radius 1 is 1.00 bits per heavy atom. The Balaban J connectivity index is 1.56. The van der Waals surface area contributed by atoms with E-state index >= 15 is 0 Å². The van der Waals surface area contributed by atoms with E-state index in [-0.39, 0.29) is 12.2 Å². The van der Waals surface area contributed by atoms with E-state index in [1.54, 1.807) is 18.4 Å². The molecule has 0 spiro atoms. The second kappa shape index (κ2) is 13.2. The molecule has 2 heterocycles. The molecule has 0 N–H and O–H groups in total. The first-order valence-corrected chi connectivity index (χ1v) is 15.8. The van der Waals surface area contributed by atoms with E-state index in [1.807, 2.05) is 79.7 Å². The van der Waals surface area contributed by atoms with E-state index in [2.05, 4.69) is 36.9 Å². The molecule has 0 radical (unpaired) electrons. The maximum Gasteiger partial charge on any atom is 0.338 e. The third-order valence-electron chi connectivity index (χ3n) is 6.57. The molecule has 0 bridgehead atoms. The summed E-state index contributed by atoms with van der Waals surface area (Å²) in [5, 5.41) is 0. The lowest BCUT2D eigenvalue weighted by Crippen LogP contribution is -2.39. The molecule has 0 saturated heterocycles. The number of hydrogen-bond donors (Lipinski definition) is 0. The fourth-order valence-electron chi connectivity index (χ4n) is 4.70. The van der Waals surface area contributed by atoms with Gasteiger partial charge in [0.1, 0.15) is 18.1 Å². The number of carbonyl (C=O) groups excluding carboxylic acids is 1. The van der Waals surface area contributed by atoms with Crippen molar-refractivity contribution in [2.24, 2.45) is 4.99 Å². The molecule has 1 aliphatic rings. The van der Waals surface area contributed by atoms with Crippen molar-refractivity contribution in [1.82, 2.24) is 4.57 Å². The third kappa shape index (κ3) is 6.30. The predicted molar refractivity (Wildman–Crippen MR) is 171 cm³/mol. The van der Waals surface area contributed by atoms with Crippen molar-refractivity contribution in [3.05, 3.63) is 123 Å². The quantitative estimate of drug-likeness (QED) is 0.191. The lowest BCUT2D eigenvalue weighted by Gasteiger charge is -2.24. The molecule has 0 unspecified atom stereocenters. The van der Waals surface area contributed by atoms with Crippen LogP contribution < -0.4 is 24.4 Å². The molecule has 1 aromatic heterocycles. The molecule has 42 heavy (non-hydrogen) atoms. The van der Waals surface area contributed by atoms with Gasteiger partial charge < -0.3 is 14.2 Å². The van der Waals surface area contributed by atoms with E-state index in [1.165, 1.54) is 11.3 Å². The van der Waals surface area contributed by atoms with Crippen LogP contribution in [-0.2, 0) is 16.1 Å². The first kappa shape index (κ1) is 30.0. The van der Waals surface area contributed by atoms with Crippen molar-refractivity contribution in [3.63, 3.8) is 0 Å². The molecule has 10 heteroatoms. The zero-order valence-electron chi connectivity index (χ0n) is 23.2. The number of fused-ring (bicyclic) bond motifs is 1. The number of allylic oxidation sites excluding steroid dienone is 1. The average Bonchev–Trinajstić information content (AvgIpc) is 3.27. The number of thiazole rings is 1. The highest BCUT2D eigenvalue weighted by Crippen LogP contribution is 2.36. The number of carbonyl (C=O) groups is 1. The van der Waals surface area contributed by atoms with Gasteiger partial charge in [-0.1, -0.05) is 53.8 Å². The van der Waals surface area contributed by atoms with Crippen LogP contribution in [0.2, 0.25) is 0 Å². The Morgan fingerprint density at radius 2 is 1.69 bits per heavy atom. The van der Waals surface area contributed by atoms with Crippen molar-refractivity contribution in [2.75, 3.05) is 13.2 Å². The highest BCUT2D eigenvalue weighted by atomic mass is 79.9. The Bertz CT molecular complexity index is 1810. The summed E-state index contributed by atoms with van der Waals surface area (Å²) in [6.07, 6.45) is 1.82. The number of nitrogens with zero attached hydrogens (tertiary/aromatic N) is 2. The van der Waals surface area contributed by atoms with Crippen molar-refractivity contribution in [1.29, 1.82) is 0 Å². The van der Waals surface area contributed by atoms with Crippen LogP contribution in [0.25, 0.3) is 6.08 Å². The van der Waals surface area contributed by atoms with Crippen LogP contribution >= 0.6 is 43.2 Å². The Morgan fingerprint density at radius 3 is 2.33 bits per heavy atom. The average molecular weight is 712 g/mol. The second-order valence-electron chi connectivity index (χ2n) is 9.39. The number of ether oxygens (including phenoxy) is 3. The number of esters is 1. The van der Waals surface area contributed by atoms with Gasteiger partial charge in [-0.15, -0.1) is 0 Å². The topological polar surface area (TPSA) is 79.1 Å². The zero-order chi connectivity index (χ0) is 29.8. The molecule has 1 aliphatic heterocycles. The van der Waals surface area contributed by atoms with Gasteiger partial charge in [0.15, 0.2) is 4.80 Å². The monoisotopic (exact) mass is 710 g/mol. The van der Waals surface area contributed by atoms with Crippen LogP contribution in [0.1, 0.15) is 43.5 Å². The largest absolute Gasteiger partial charge is 0.494 e. The molecule has 1 atom stereocenters. The first-order valence-electron chi connectivity index (χ1n) is 13.4. The maximum absolute atomic E-state index is 13.9. The van der Waals surface area contributed by atoms with Crippen LogP contribution in [0.5, 0.6) is 11.5 Å². The molecular formula is C32H28Br2N2O5S. The lowest BCUT2D eigenvalue weighted by molar-refractivity contribution is -0.139. The van der Waals surface area contributed by atoms with Gasteiger partial charge in [-0.25, -0.2) is 9.79 Å².